The van der Waals surface area contributed by atoms with Crippen molar-refractivity contribution in [3.63, 3.8) is 0 Å². The van der Waals surface area contributed by atoms with Crippen molar-refractivity contribution in [2.45, 2.75) is 6.23 Å². The van der Waals surface area contributed by atoms with Crippen molar-refractivity contribution >= 4 is 11.4 Å². The fourth-order valence-electron chi connectivity index (χ4n) is 1.19. The molecule has 2 aliphatic heterocycles. The van der Waals surface area contributed by atoms with Crippen LogP contribution in [0.1, 0.15) is 5.56 Å². The number of fused-ring (bicyclic) bond motifs is 5. The zero-order valence-electron chi connectivity index (χ0n) is 6.99. The molecule has 0 spiro atoms. The number of nitrogen functional groups attached to an aromatic ring is 1. The van der Waals surface area contributed by atoms with Gasteiger partial charge in [-0.1, -0.05) is 0 Å². The van der Waals surface area contributed by atoms with Crippen molar-refractivity contribution in [1.82, 2.24) is 0 Å². The molecule has 1 unspecified atom stereocenters. The minimum Gasteiger partial charge on any atom is -0.397 e. The molecule has 3 rings (SSSR count). The Morgan fingerprint density at radius 2 is 2.46 bits per heavy atom. The topological polar surface area (TPSA) is 62.6 Å². The van der Waals surface area contributed by atoms with E-state index in [9.17, 15) is 5.11 Å². The maximum atomic E-state index is 9.28. The molecular formula is C9H10N3O+. The van der Waals surface area contributed by atoms with Crippen molar-refractivity contribution < 1.29 is 5.11 Å². The van der Waals surface area contributed by atoms with Crippen LogP contribution in [0.5, 0.6) is 0 Å². The van der Waals surface area contributed by atoms with Gasteiger partial charge in [-0.2, -0.15) is 0 Å². The number of aliphatic hydroxyl groups is 1. The number of rotatable bonds is 0. The number of aliphatic hydroxyl groups excluding tert-OH is 1. The lowest BCUT2D eigenvalue weighted by Gasteiger charge is -2.05. The van der Waals surface area contributed by atoms with E-state index in [4.69, 9.17) is 5.73 Å². The van der Waals surface area contributed by atoms with Gasteiger partial charge in [-0.3, -0.25) is 0 Å². The second-order valence-corrected chi connectivity index (χ2v) is 2.90. The Kier molecular flexibility index (Phi) is 1.80. The Labute approximate surface area is 75.8 Å². The Bertz CT molecular complexity index is 392. The molecule has 4 heteroatoms. The summed E-state index contributed by atoms with van der Waals surface area (Å²) in [5.41, 5.74) is 7.98. The van der Waals surface area contributed by atoms with E-state index in [1.807, 2.05) is 12.1 Å². The van der Waals surface area contributed by atoms with E-state index in [2.05, 4.69) is 16.2 Å². The van der Waals surface area contributed by atoms with E-state index >= 15 is 0 Å². The minimum absolute atomic E-state index is 0.356. The lowest BCUT2D eigenvalue weighted by Crippen LogP contribution is -2.15. The van der Waals surface area contributed by atoms with Gasteiger partial charge in [0.15, 0.2) is 0 Å². The molecule has 0 aromatic heterocycles. The third-order valence-electron chi connectivity index (χ3n) is 1.87. The number of nitrogens with two attached hydrogens (primary N) is 1. The molecule has 0 fully saturated rings. The van der Waals surface area contributed by atoms with Crippen LogP contribution in [-0.2, 0) is 0 Å². The highest BCUT2D eigenvalue weighted by Crippen LogP contribution is 2.20. The number of hydrogen-bond donors (Lipinski definition) is 3. The van der Waals surface area contributed by atoms with Crippen LogP contribution < -0.4 is 11.1 Å². The van der Waals surface area contributed by atoms with Gasteiger partial charge in [0.2, 0.25) is 0 Å². The number of benzene rings is 1. The van der Waals surface area contributed by atoms with Crippen LogP contribution in [0.25, 0.3) is 4.85 Å². The average Bonchev–Trinajstić information content (AvgIpc) is 2.23. The van der Waals surface area contributed by atoms with Gasteiger partial charge in [0, 0.05) is 0 Å². The molecule has 1 aromatic rings. The normalized spacial score (nSPS) is 19.0. The van der Waals surface area contributed by atoms with Crippen LogP contribution in [0.15, 0.2) is 18.2 Å². The van der Waals surface area contributed by atoms with Crippen LogP contribution >= 0.6 is 0 Å². The third-order valence-corrected chi connectivity index (χ3v) is 1.87. The molecule has 0 saturated heterocycles. The van der Waals surface area contributed by atoms with Crippen LogP contribution in [0.2, 0.25) is 0 Å². The lowest BCUT2D eigenvalue weighted by molar-refractivity contribution is 0.234. The molecule has 2 bridgehead atoms. The Hall–Kier alpha value is -1.73. The first-order chi connectivity index (χ1) is 6.25. The molecule has 1 atom stereocenters. The quantitative estimate of drug-likeness (QED) is 0.510. The summed E-state index contributed by atoms with van der Waals surface area (Å²) in [4.78, 5) is 3.80. The van der Waals surface area contributed by atoms with Gasteiger partial charge in [0.1, 0.15) is 12.1 Å². The molecule has 66 valence electrons. The van der Waals surface area contributed by atoms with E-state index < -0.39 is 6.23 Å². The second-order valence-electron chi connectivity index (χ2n) is 2.90. The predicted octanol–water partition coefficient (Wildman–Crippen LogP) is 0.694. The highest BCUT2D eigenvalue weighted by Gasteiger charge is 2.14. The van der Waals surface area contributed by atoms with Crippen molar-refractivity contribution in [2.75, 3.05) is 17.6 Å². The minimum atomic E-state index is -0.760. The van der Waals surface area contributed by atoms with Gasteiger partial charge in [-0.15, -0.1) is 0 Å². The smallest absolute Gasteiger partial charge is 0.391 e. The van der Waals surface area contributed by atoms with Gasteiger partial charge < -0.3 is 16.2 Å². The average molecular weight is 176 g/mol. The summed E-state index contributed by atoms with van der Waals surface area (Å²) >= 11 is 0. The highest BCUT2D eigenvalue weighted by atomic mass is 16.3. The van der Waals surface area contributed by atoms with E-state index in [-0.39, 0.29) is 0 Å². The maximum absolute atomic E-state index is 9.28. The summed E-state index contributed by atoms with van der Waals surface area (Å²) in [7, 11) is 0. The molecular weight excluding hydrogens is 166 g/mol. The molecule has 13 heavy (non-hydrogen) atoms. The summed E-state index contributed by atoms with van der Waals surface area (Å²) in [6.07, 6.45) is -0.760. The van der Waals surface area contributed by atoms with E-state index in [1.54, 1.807) is 6.07 Å². The van der Waals surface area contributed by atoms with Crippen molar-refractivity contribution in [1.29, 1.82) is 0 Å². The number of hydrogen-bond acceptors (Lipinski definition) is 3. The summed E-state index contributed by atoms with van der Waals surface area (Å²) in [6, 6.07) is 8.19. The highest BCUT2D eigenvalue weighted by molar-refractivity contribution is 5.68. The molecule has 2 heterocycles. The Balaban J connectivity index is 2.49. The van der Waals surface area contributed by atoms with Gasteiger partial charge in [0.25, 0.3) is 0 Å². The first kappa shape index (κ1) is 7.90. The summed E-state index contributed by atoms with van der Waals surface area (Å²) < 4.78 is 0. The molecule has 2 aliphatic rings. The van der Waals surface area contributed by atoms with Gasteiger partial charge in [-0.05, 0) is 23.0 Å². The Morgan fingerprint density at radius 1 is 1.62 bits per heavy atom. The molecule has 1 aromatic carbocycles. The van der Waals surface area contributed by atoms with Crippen molar-refractivity contribution in [3.05, 3.63) is 28.6 Å². The van der Waals surface area contributed by atoms with Gasteiger partial charge in [0.05, 0.1) is 11.4 Å². The monoisotopic (exact) mass is 176 g/mol. The van der Waals surface area contributed by atoms with Crippen LogP contribution in [0, 0.1) is 6.07 Å². The number of anilines is 2. The predicted molar refractivity (Wildman–Crippen MR) is 51.7 cm³/mol. The second kappa shape index (κ2) is 2.96. The summed E-state index contributed by atoms with van der Waals surface area (Å²) in [5, 5.41) is 12.3. The zero-order chi connectivity index (χ0) is 9.26. The van der Waals surface area contributed by atoms with Crippen LogP contribution in [-0.4, -0.2) is 17.9 Å². The SMILES string of the molecule is Nc1cc2ccc1NCC(O)[N+]#C2. The van der Waals surface area contributed by atoms with Crippen LogP contribution in [0.3, 0.4) is 0 Å². The first-order valence-corrected chi connectivity index (χ1v) is 4.03. The zero-order valence-corrected chi connectivity index (χ0v) is 6.99. The standard InChI is InChI=1S/C9H9N3O/c10-7-3-6-1-2-8(7)11-5-9(13)12-4-6/h1-3,9,13H,5,10H2/p+1. The van der Waals surface area contributed by atoms with Crippen LogP contribution in [0.4, 0.5) is 11.4 Å². The van der Waals surface area contributed by atoms with Gasteiger partial charge in [-0.25, -0.2) is 0 Å². The Morgan fingerprint density at radius 3 is 3.23 bits per heavy atom. The van der Waals surface area contributed by atoms with E-state index in [1.165, 1.54) is 0 Å². The lowest BCUT2D eigenvalue weighted by atomic mass is 10.2. The first-order valence-electron chi connectivity index (χ1n) is 4.03. The molecule has 0 saturated carbocycles. The molecule has 4 N–H and O–H groups in total. The molecule has 4 nitrogen and oxygen atoms in total. The van der Waals surface area contributed by atoms with E-state index in [0.717, 1.165) is 11.3 Å². The molecule has 0 radical (unpaired) electrons. The molecule has 0 amide bonds. The van der Waals surface area contributed by atoms with E-state index in [0.29, 0.717) is 12.2 Å². The maximum Gasteiger partial charge on any atom is 0.391 e. The summed E-state index contributed by atoms with van der Waals surface area (Å²) in [6.45, 7) is 0.356. The molecule has 0 aliphatic carbocycles. The summed E-state index contributed by atoms with van der Waals surface area (Å²) in [5.74, 6) is 0. The fraction of sp³-hybridized carbons (Fsp3) is 0.222. The number of nitrogens with zero attached hydrogens (tertiary/aromatic N) is 1. The van der Waals surface area contributed by atoms with Crippen molar-refractivity contribution in [3.8, 4) is 6.07 Å². The largest absolute Gasteiger partial charge is 0.397 e. The number of nitrogens with one attached hydrogen (secondary N) is 1. The third kappa shape index (κ3) is 1.55. The van der Waals surface area contributed by atoms with Gasteiger partial charge >= 0.3 is 12.3 Å². The fourth-order valence-corrected chi connectivity index (χ4v) is 1.19. The van der Waals surface area contributed by atoms with Crippen molar-refractivity contribution in [2.24, 2.45) is 0 Å².